The lowest BCUT2D eigenvalue weighted by Gasteiger charge is -2.10. The number of primary amides is 1. The van der Waals surface area contributed by atoms with E-state index < -0.39 is 6.03 Å². The van der Waals surface area contributed by atoms with E-state index in [2.05, 4.69) is 20.4 Å². The molecule has 3 heterocycles. The van der Waals surface area contributed by atoms with E-state index in [0.29, 0.717) is 38.1 Å². The number of nitrogens with zero attached hydrogens (tertiary/aromatic N) is 5. The van der Waals surface area contributed by atoms with Gasteiger partial charge < -0.3 is 16.8 Å². The lowest BCUT2D eigenvalue weighted by atomic mass is 10.1. The van der Waals surface area contributed by atoms with Crippen molar-refractivity contribution in [1.29, 1.82) is 0 Å². The molecule has 4 rings (SSSR count). The third-order valence-electron chi connectivity index (χ3n) is 3.94. The van der Waals surface area contributed by atoms with Gasteiger partial charge in [-0.05, 0) is 18.2 Å². The molecule has 12 heteroatoms. The van der Waals surface area contributed by atoms with Gasteiger partial charge in [-0.2, -0.15) is 4.68 Å². The summed E-state index contributed by atoms with van der Waals surface area (Å²) in [5.41, 5.74) is 14.5. The van der Waals surface area contributed by atoms with Gasteiger partial charge in [0.15, 0.2) is 11.5 Å². The van der Waals surface area contributed by atoms with Crippen molar-refractivity contribution in [1.82, 2.24) is 24.3 Å². The largest absolute Gasteiger partial charge is 0.350 e. The second kappa shape index (κ2) is 7.03. The van der Waals surface area contributed by atoms with Gasteiger partial charge in [-0.3, -0.25) is 9.36 Å². The molecule has 0 aliphatic carbocycles. The average molecular weight is 417 g/mol. The number of fused-ring (bicyclic) bond motifs is 1. The molecule has 0 saturated heterocycles. The first kappa shape index (κ1) is 18.1. The van der Waals surface area contributed by atoms with Gasteiger partial charge in [-0.15, -0.1) is 16.4 Å². The molecule has 0 atom stereocenters. The van der Waals surface area contributed by atoms with Crippen LogP contribution in [0.4, 0.5) is 10.5 Å². The van der Waals surface area contributed by atoms with Crippen molar-refractivity contribution in [3.8, 4) is 17.1 Å². The van der Waals surface area contributed by atoms with Crippen molar-refractivity contribution in [3.63, 3.8) is 0 Å². The van der Waals surface area contributed by atoms with Crippen LogP contribution in [-0.4, -0.2) is 42.8 Å². The highest BCUT2D eigenvalue weighted by Gasteiger charge is 2.21. The zero-order valence-corrected chi connectivity index (χ0v) is 15.7. The van der Waals surface area contributed by atoms with Crippen molar-refractivity contribution < 1.29 is 9.59 Å². The number of imidazole rings is 1. The number of halogens is 1. The lowest BCUT2D eigenvalue weighted by molar-refractivity contribution is -0.114. The van der Waals surface area contributed by atoms with E-state index in [1.807, 2.05) is 0 Å². The molecule has 1 aromatic carbocycles. The fraction of sp³-hybridized carbons (Fsp3) is 0.0625. The summed E-state index contributed by atoms with van der Waals surface area (Å²) in [4.78, 5) is 31.4. The maximum absolute atomic E-state index is 11.7. The highest BCUT2D eigenvalue weighted by atomic mass is 35.5. The van der Waals surface area contributed by atoms with Crippen LogP contribution < -0.4 is 16.8 Å². The van der Waals surface area contributed by atoms with Gasteiger partial charge in [0, 0.05) is 11.3 Å². The van der Waals surface area contributed by atoms with E-state index in [1.165, 1.54) is 11.3 Å². The van der Waals surface area contributed by atoms with E-state index in [9.17, 15) is 9.59 Å². The van der Waals surface area contributed by atoms with E-state index in [-0.39, 0.29) is 12.5 Å². The minimum atomic E-state index is -0.734. The number of anilines is 1. The summed E-state index contributed by atoms with van der Waals surface area (Å²) in [6.45, 7) is -0.125. The van der Waals surface area contributed by atoms with E-state index >= 15 is 0 Å². The fourth-order valence-electron chi connectivity index (χ4n) is 2.72. The Bertz CT molecular complexity index is 1210. The Balaban J connectivity index is 1.80. The topological polar surface area (TPSA) is 147 Å². The summed E-state index contributed by atoms with van der Waals surface area (Å²) in [5.74, 6) is 0.138. The van der Waals surface area contributed by atoms with Gasteiger partial charge in [0.05, 0.1) is 29.0 Å². The molecule has 2 amide bonds. The third-order valence-corrected chi connectivity index (χ3v) is 5.06. The van der Waals surface area contributed by atoms with Crippen LogP contribution in [0.25, 0.3) is 27.4 Å². The molecule has 4 aromatic rings. The van der Waals surface area contributed by atoms with Crippen molar-refractivity contribution in [3.05, 3.63) is 41.3 Å². The molecule has 10 nitrogen and oxygen atoms in total. The summed E-state index contributed by atoms with van der Waals surface area (Å²) in [7, 11) is 0. The summed E-state index contributed by atoms with van der Waals surface area (Å²) < 4.78 is 3.41. The number of aromatic nitrogens is 5. The first-order chi connectivity index (χ1) is 13.5. The molecular weight excluding hydrogens is 404 g/mol. The molecule has 28 heavy (non-hydrogen) atoms. The number of amides is 2. The zero-order chi connectivity index (χ0) is 19.8. The smallest absolute Gasteiger partial charge is 0.341 e. The van der Waals surface area contributed by atoms with Crippen LogP contribution in [0.2, 0.25) is 5.02 Å². The number of nitrogens with one attached hydrogen (secondary N) is 1. The van der Waals surface area contributed by atoms with Crippen molar-refractivity contribution in [2.75, 3.05) is 11.9 Å². The quantitative estimate of drug-likeness (QED) is 0.462. The van der Waals surface area contributed by atoms with Crippen molar-refractivity contribution >= 4 is 50.9 Å². The predicted molar refractivity (Wildman–Crippen MR) is 106 cm³/mol. The number of carbonyl (C=O) groups excluding carboxylic acids is 2. The van der Waals surface area contributed by atoms with Crippen LogP contribution in [0.15, 0.2) is 36.2 Å². The summed E-state index contributed by atoms with van der Waals surface area (Å²) in [5, 5.41) is 7.31. The fourth-order valence-corrected chi connectivity index (χ4v) is 3.74. The zero-order valence-electron chi connectivity index (χ0n) is 14.2. The second-order valence-corrected chi connectivity index (χ2v) is 6.94. The molecule has 5 N–H and O–H groups in total. The average Bonchev–Trinajstić information content (AvgIpc) is 3.37. The molecule has 0 radical (unpaired) electrons. The third kappa shape index (κ3) is 3.01. The number of benzene rings is 1. The number of thiazole rings is 1. The van der Waals surface area contributed by atoms with Gasteiger partial charge in [-0.1, -0.05) is 11.6 Å². The molecule has 0 spiro atoms. The first-order valence-corrected chi connectivity index (χ1v) is 9.20. The van der Waals surface area contributed by atoms with Crippen LogP contribution in [0.3, 0.4) is 0 Å². The summed E-state index contributed by atoms with van der Waals surface area (Å²) >= 11 is 7.75. The maximum Gasteiger partial charge on any atom is 0.341 e. The van der Waals surface area contributed by atoms with E-state index in [4.69, 9.17) is 23.1 Å². The highest BCUT2D eigenvalue weighted by molar-refractivity contribution is 7.17. The van der Waals surface area contributed by atoms with Gasteiger partial charge in [0.25, 0.3) is 0 Å². The Morgan fingerprint density at radius 1 is 1.32 bits per heavy atom. The minimum Gasteiger partial charge on any atom is -0.350 e. The molecule has 0 saturated carbocycles. The molecule has 0 bridgehead atoms. The number of carbonyl (C=O) groups is 2. The molecule has 0 aliphatic heterocycles. The van der Waals surface area contributed by atoms with Crippen LogP contribution in [-0.2, 0) is 4.79 Å². The van der Waals surface area contributed by atoms with Crippen molar-refractivity contribution in [2.24, 2.45) is 11.5 Å². The Labute approximate surface area is 166 Å². The Morgan fingerprint density at radius 2 is 2.14 bits per heavy atom. The van der Waals surface area contributed by atoms with Crippen LogP contribution in [0.5, 0.6) is 0 Å². The monoisotopic (exact) mass is 416 g/mol. The standard InChI is InChI=1S/C16H13ClN8O2S/c17-10-3-8(22-12(26)4-18)1-2-9(10)11-5-20-6-24(11)15-13-14(21-7-28-13)25(23-15)16(19)27/h1-3,5-7H,4,18H2,(H2,19,27)(H,22,26). The summed E-state index contributed by atoms with van der Waals surface area (Å²) in [6.07, 6.45) is 3.18. The van der Waals surface area contributed by atoms with E-state index in [0.717, 1.165) is 4.68 Å². The van der Waals surface area contributed by atoms with Crippen LogP contribution >= 0.6 is 22.9 Å². The number of nitrogens with two attached hydrogens (primary N) is 2. The molecule has 3 aromatic heterocycles. The Hall–Kier alpha value is -3.28. The van der Waals surface area contributed by atoms with Gasteiger partial charge in [-0.25, -0.2) is 14.8 Å². The Kier molecular flexibility index (Phi) is 4.55. The molecule has 0 unspecified atom stereocenters. The highest BCUT2D eigenvalue weighted by Crippen LogP contribution is 2.33. The number of hydrogen-bond acceptors (Lipinski definition) is 7. The van der Waals surface area contributed by atoms with Crippen LogP contribution in [0, 0.1) is 0 Å². The first-order valence-electron chi connectivity index (χ1n) is 7.94. The number of rotatable bonds is 4. The molecule has 0 fully saturated rings. The number of hydrogen-bond donors (Lipinski definition) is 3. The second-order valence-electron chi connectivity index (χ2n) is 5.67. The summed E-state index contributed by atoms with van der Waals surface area (Å²) in [6, 6.07) is 4.33. The minimum absolute atomic E-state index is 0.125. The van der Waals surface area contributed by atoms with Gasteiger partial charge in [0.1, 0.15) is 11.0 Å². The normalized spacial score (nSPS) is 11.1. The predicted octanol–water partition coefficient (Wildman–Crippen LogP) is 1.82. The maximum atomic E-state index is 11.7. The van der Waals surface area contributed by atoms with Gasteiger partial charge >= 0.3 is 6.03 Å². The molecular formula is C16H13ClN8O2S. The molecule has 142 valence electrons. The molecule has 0 aliphatic rings. The SMILES string of the molecule is NCC(=O)Nc1ccc(-c2cncn2-c2nn(C(N)=O)c3ncsc23)c(Cl)c1. The van der Waals surface area contributed by atoms with Crippen molar-refractivity contribution in [2.45, 2.75) is 0 Å². The lowest BCUT2D eigenvalue weighted by Crippen LogP contribution is -2.21. The van der Waals surface area contributed by atoms with Crippen LogP contribution in [0.1, 0.15) is 0 Å². The Morgan fingerprint density at radius 3 is 2.86 bits per heavy atom. The van der Waals surface area contributed by atoms with E-state index in [1.54, 1.807) is 40.8 Å². The van der Waals surface area contributed by atoms with Gasteiger partial charge in [0.2, 0.25) is 5.91 Å².